The molecule has 1 saturated heterocycles. The lowest BCUT2D eigenvalue weighted by Gasteiger charge is -2.17. The van der Waals surface area contributed by atoms with Crippen molar-refractivity contribution in [3.63, 3.8) is 0 Å². The van der Waals surface area contributed by atoms with Gasteiger partial charge in [-0.2, -0.15) is 0 Å². The monoisotopic (exact) mass is 328 g/mol. The predicted molar refractivity (Wildman–Crippen MR) is 88.5 cm³/mol. The predicted octanol–water partition coefficient (Wildman–Crippen LogP) is 2.83. The number of ether oxygens (including phenoxy) is 1. The van der Waals surface area contributed by atoms with Gasteiger partial charge >= 0.3 is 0 Å². The minimum Gasteiger partial charge on any atom is -0.497 e. The fourth-order valence-electron chi connectivity index (χ4n) is 2.71. The normalized spacial score (nSPS) is 17.0. The van der Waals surface area contributed by atoms with Crippen LogP contribution in [0.2, 0.25) is 0 Å². The number of anilines is 2. The topological polar surface area (TPSA) is 58.6 Å². The van der Waals surface area contributed by atoms with E-state index in [1.807, 2.05) is 0 Å². The highest BCUT2D eigenvalue weighted by atomic mass is 19.1. The van der Waals surface area contributed by atoms with Crippen LogP contribution in [0.5, 0.6) is 5.75 Å². The van der Waals surface area contributed by atoms with Crippen molar-refractivity contribution in [3.8, 4) is 5.75 Å². The summed E-state index contributed by atoms with van der Waals surface area (Å²) in [5.74, 6) is -0.807. The number of rotatable bonds is 4. The Bertz CT molecular complexity index is 761. The van der Waals surface area contributed by atoms with Gasteiger partial charge in [-0.05, 0) is 36.4 Å². The molecule has 0 unspecified atom stereocenters. The SMILES string of the molecule is COc1ccc(NC(=O)[C@H]2CC(=O)N(c3ccccc3F)C2)cc1. The summed E-state index contributed by atoms with van der Waals surface area (Å²) in [6.45, 7) is 0.168. The van der Waals surface area contributed by atoms with Gasteiger partial charge < -0.3 is 15.0 Å². The molecule has 0 saturated carbocycles. The van der Waals surface area contributed by atoms with Gasteiger partial charge in [-0.15, -0.1) is 0 Å². The molecule has 0 radical (unpaired) electrons. The van der Waals surface area contributed by atoms with Gasteiger partial charge in [0.05, 0.1) is 18.7 Å². The maximum Gasteiger partial charge on any atom is 0.229 e. The zero-order chi connectivity index (χ0) is 17.1. The molecule has 3 rings (SSSR count). The summed E-state index contributed by atoms with van der Waals surface area (Å²) in [7, 11) is 1.56. The highest BCUT2D eigenvalue weighted by molar-refractivity contribution is 6.03. The van der Waals surface area contributed by atoms with Crippen molar-refractivity contribution >= 4 is 23.2 Å². The van der Waals surface area contributed by atoms with E-state index in [0.29, 0.717) is 11.4 Å². The number of hydrogen-bond donors (Lipinski definition) is 1. The summed E-state index contributed by atoms with van der Waals surface area (Å²) < 4.78 is 18.9. The summed E-state index contributed by atoms with van der Waals surface area (Å²) in [6, 6.07) is 13.0. The van der Waals surface area contributed by atoms with Crippen molar-refractivity contribution in [2.45, 2.75) is 6.42 Å². The Balaban J connectivity index is 1.68. The number of nitrogens with zero attached hydrogens (tertiary/aromatic N) is 1. The van der Waals surface area contributed by atoms with Crippen molar-refractivity contribution in [1.82, 2.24) is 0 Å². The second-order valence-electron chi connectivity index (χ2n) is 5.57. The molecule has 5 nitrogen and oxygen atoms in total. The quantitative estimate of drug-likeness (QED) is 0.939. The van der Waals surface area contributed by atoms with Gasteiger partial charge in [0.2, 0.25) is 11.8 Å². The van der Waals surface area contributed by atoms with Crippen LogP contribution in [0.25, 0.3) is 0 Å². The van der Waals surface area contributed by atoms with E-state index < -0.39 is 11.7 Å². The molecule has 1 aliphatic heterocycles. The molecule has 124 valence electrons. The minimum atomic E-state index is -0.515. The Morgan fingerprint density at radius 1 is 1.21 bits per heavy atom. The summed E-state index contributed by atoms with van der Waals surface area (Å²) in [5, 5.41) is 2.78. The van der Waals surface area contributed by atoms with Crippen LogP contribution in [0.4, 0.5) is 15.8 Å². The van der Waals surface area contributed by atoms with E-state index in [0.717, 1.165) is 0 Å². The molecular weight excluding hydrogens is 311 g/mol. The van der Waals surface area contributed by atoms with E-state index in [4.69, 9.17) is 4.74 Å². The summed E-state index contributed by atoms with van der Waals surface area (Å²) in [5.41, 5.74) is 0.833. The van der Waals surface area contributed by atoms with E-state index in [1.54, 1.807) is 43.5 Å². The Morgan fingerprint density at radius 2 is 1.92 bits per heavy atom. The number of hydrogen-bond acceptors (Lipinski definition) is 3. The molecular formula is C18H17FN2O3. The van der Waals surface area contributed by atoms with Gasteiger partial charge in [-0.25, -0.2) is 4.39 Å². The number of benzene rings is 2. The second-order valence-corrected chi connectivity index (χ2v) is 5.57. The third-order valence-electron chi connectivity index (χ3n) is 4.00. The zero-order valence-corrected chi connectivity index (χ0v) is 13.2. The first-order valence-electron chi connectivity index (χ1n) is 7.58. The van der Waals surface area contributed by atoms with Crippen molar-refractivity contribution in [1.29, 1.82) is 0 Å². The van der Waals surface area contributed by atoms with Gasteiger partial charge in [0.15, 0.2) is 0 Å². The molecule has 0 aliphatic carbocycles. The fourth-order valence-corrected chi connectivity index (χ4v) is 2.71. The smallest absolute Gasteiger partial charge is 0.229 e. The third kappa shape index (κ3) is 3.22. The molecule has 0 aromatic heterocycles. The summed E-state index contributed by atoms with van der Waals surface area (Å²) in [6.07, 6.45) is 0.0658. The Morgan fingerprint density at radius 3 is 2.58 bits per heavy atom. The molecule has 2 aromatic carbocycles. The lowest BCUT2D eigenvalue weighted by Crippen LogP contribution is -2.28. The van der Waals surface area contributed by atoms with Crippen molar-refractivity contribution in [3.05, 3.63) is 54.3 Å². The first kappa shape index (κ1) is 16.0. The number of para-hydroxylation sites is 1. The summed E-state index contributed by atoms with van der Waals surface area (Å²) in [4.78, 5) is 25.8. The molecule has 1 aliphatic rings. The van der Waals surface area contributed by atoms with E-state index >= 15 is 0 Å². The van der Waals surface area contributed by atoms with Crippen molar-refractivity contribution in [2.24, 2.45) is 5.92 Å². The molecule has 6 heteroatoms. The van der Waals surface area contributed by atoms with Crippen LogP contribution < -0.4 is 15.0 Å². The van der Waals surface area contributed by atoms with E-state index in [-0.39, 0.29) is 30.5 Å². The van der Waals surface area contributed by atoms with E-state index in [1.165, 1.54) is 17.0 Å². The van der Waals surface area contributed by atoms with Gasteiger partial charge in [-0.1, -0.05) is 12.1 Å². The number of carbonyl (C=O) groups is 2. The van der Waals surface area contributed by atoms with Gasteiger partial charge in [0.1, 0.15) is 11.6 Å². The third-order valence-corrected chi connectivity index (χ3v) is 4.00. The molecule has 1 atom stereocenters. The molecule has 0 bridgehead atoms. The van der Waals surface area contributed by atoms with Crippen molar-refractivity contribution in [2.75, 3.05) is 23.9 Å². The molecule has 24 heavy (non-hydrogen) atoms. The summed E-state index contributed by atoms with van der Waals surface area (Å²) >= 11 is 0. The van der Waals surface area contributed by atoms with Crippen LogP contribution in [0.1, 0.15) is 6.42 Å². The first-order valence-corrected chi connectivity index (χ1v) is 7.58. The maximum absolute atomic E-state index is 13.9. The molecule has 0 spiro atoms. The average molecular weight is 328 g/mol. The minimum absolute atomic E-state index is 0.0658. The van der Waals surface area contributed by atoms with Crippen LogP contribution in [0.15, 0.2) is 48.5 Å². The number of carbonyl (C=O) groups excluding carboxylic acids is 2. The Kier molecular flexibility index (Phi) is 4.46. The van der Waals surface area contributed by atoms with Crippen LogP contribution in [0, 0.1) is 11.7 Å². The van der Waals surface area contributed by atoms with Gasteiger partial charge in [-0.3, -0.25) is 9.59 Å². The lowest BCUT2D eigenvalue weighted by atomic mass is 10.1. The molecule has 1 fully saturated rings. The molecule has 2 amide bonds. The maximum atomic E-state index is 13.9. The lowest BCUT2D eigenvalue weighted by molar-refractivity contribution is -0.122. The highest BCUT2D eigenvalue weighted by Crippen LogP contribution is 2.28. The van der Waals surface area contributed by atoms with Crippen LogP contribution in [0.3, 0.4) is 0 Å². The molecule has 1 N–H and O–H groups in total. The van der Waals surface area contributed by atoms with Crippen LogP contribution >= 0.6 is 0 Å². The van der Waals surface area contributed by atoms with E-state index in [9.17, 15) is 14.0 Å². The van der Waals surface area contributed by atoms with Gasteiger partial charge in [0.25, 0.3) is 0 Å². The van der Waals surface area contributed by atoms with E-state index in [2.05, 4.69) is 5.32 Å². The largest absolute Gasteiger partial charge is 0.497 e. The number of amides is 2. The van der Waals surface area contributed by atoms with Crippen molar-refractivity contribution < 1.29 is 18.7 Å². The highest BCUT2D eigenvalue weighted by Gasteiger charge is 2.36. The number of nitrogens with one attached hydrogen (secondary N) is 1. The van der Waals surface area contributed by atoms with Gasteiger partial charge in [0, 0.05) is 18.7 Å². The Hall–Kier alpha value is -2.89. The molecule has 1 heterocycles. The fraction of sp³-hybridized carbons (Fsp3) is 0.222. The first-order chi connectivity index (χ1) is 11.6. The van der Waals surface area contributed by atoms with Crippen LogP contribution in [-0.4, -0.2) is 25.5 Å². The second kappa shape index (κ2) is 6.70. The molecule has 2 aromatic rings. The average Bonchev–Trinajstić information content (AvgIpc) is 2.98. The van der Waals surface area contributed by atoms with Crippen LogP contribution in [-0.2, 0) is 9.59 Å². The number of methoxy groups -OCH3 is 1. The standard InChI is InChI=1S/C18H17FN2O3/c1-24-14-8-6-13(7-9-14)20-18(23)12-10-17(22)21(11-12)16-5-3-2-4-15(16)19/h2-9,12H,10-11H2,1H3,(H,20,23)/t12-/m0/s1. The zero-order valence-electron chi connectivity index (χ0n) is 13.2. The Labute approximate surface area is 139 Å². The number of halogens is 1.